The Kier molecular flexibility index (Phi) is 2.50. The van der Waals surface area contributed by atoms with Gasteiger partial charge in [-0.3, -0.25) is 4.79 Å². The van der Waals surface area contributed by atoms with E-state index in [4.69, 9.17) is 0 Å². The Labute approximate surface area is 74.4 Å². The van der Waals surface area contributed by atoms with E-state index in [9.17, 15) is 26.7 Å². The van der Waals surface area contributed by atoms with E-state index in [1.807, 2.05) is 0 Å². The van der Waals surface area contributed by atoms with E-state index in [0.717, 1.165) is 0 Å². The van der Waals surface area contributed by atoms with Gasteiger partial charge in [0.15, 0.2) is 5.82 Å². The van der Waals surface area contributed by atoms with Crippen molar-refractivity contribution in [3.8, 4) is 0 Å². The molecule has 0 saturated carbocycles. The average Bonchev–Trinajstić information content (AvgIpc) is 2.07. The van der Waals surface area contributed by atoms with Crippen LogP contribution in [0.25, 0.3) is 0 Å². The fraction of sp³-hybridized carbons (Fsp3) is 0.143. The van der Waals surface area contributed by atoms with E-state index >= 15 is 0 Å². The van der Waals surface area contributed by atoms with Gasteiger partial charge in [-0.05, 0) is 6.07 Å². The molecule has 0 radical (unpaired) electrons. The molecule has 0 aliphatic heterocycles. The van der Waals surface area contributed by atoms with Gasteiger partial charge < -0.3 is 0 Å². The standard InChI is InChI=1S/C7H2F5NO/c8-4-3(1-2-13-6(4)9)5(14)7(10,11)12/h1-2H. The van der Waals surface area contributed by atoms with Gasteiger partial charge in [0.2, 0.25) is 5.95 Å². The molecule has 1 aromatic heterocycles. The van der Waals surface area contributed by atoms with Gasteiger partial charge in [-0.1, -0.05) is 0 Å². The maximum absolute atomic E-state index is 12.6. The number of pyridine rings is 1. The fourth-order valence-electron chi connectivity index (χ4n) is 0.746. The average molecular weight is 211 g/mol. The zero-order chi connectivity index (χ0) is 10.9. The van der Waals surface area contributed by atoms with Gasteiger partial charge in [-0.15, -0.1) is 0 Å². The summed E-state index contributed by atoms with van der Waals surface area (Å²) in [6.45, 7) is 0. The topological polar surface area (TPSA) is 30.0 Å². The fourth-order valence-corrected chi connectivity index (χ4v) is 0.746. The van der Waals surface area contributed by atoms with Crippen molar-refractivity contribution in [2.75, 3.05) is 0 Å². The van der Waals surface area contributed by atoms with Crippen molar-refractivity contribution in [3.05, 3.63) is 29.6 Å². The lowest BCUT2D eigenvalue weighted by Crippen LogP contribution is -2.24. The number of ketones is 1. The van der Waals surface area contributed by atoms with Crippen LogP contribution < -0.4 is 0 Å². The van der Waals surface area contributed by atoms with Crippen molar-refractivity contribution in [1.82, 2.24) is 4.98 Å². The van der Waals surface area contributed by atoms with Gasteiger partial charge in [0, 0.05) is 6.20 Å². The predicted molar refractivity (Wildman–Crippen MR) is 34.5 cm³/mol. The van der Waals surface area contributed by atoms with Crippen LogP contribution in [-0.4, -0.2) is 16.9 Å². The van der Waals surface area contributed by atoms with Gasteiger partial charge >= 0.3 is 6.18 Å². The summed E-state index contributed by atoms with van der Waals surface area (Å²) in [7, 11) is 0. The second-order valence-corrected chi connectivity index (χ2v) is 2.29. The number of carbonyl (C=O) groups is 1. The summed E-state index contributed by atoms with van der Waals surface area (Å²) in [5, 5.41) is 0. The van der Waals surface area contributed by atoms with Crippen LogP contribution in [0.1, 0.15) is 10.4 Å². The summed E-state index contributed by atoms with van der Waals surface area (Å²) in [6, 6.07) is 0.467. The van der Waals surface area contributed by atoms with E-state index in [1.54, 1.807) is 0 Å². The van der Waals surface area contributed by atoms with Crippen LogP contribution in [0.3, 0.4) is 0 Å². The molecule has 1 rings (SSSR count). The number of nitrogens with zero attached hydrogens (tertiary/aromatic N) is 1. The van der Waals surface area contributed by atoms with Crippen LogP contribution in [0.2, 0.25) is 0 Å². The maximum Gasteiger partial charge on any atom is 0.454 e. The van der Waals surface area contributed by atoms with Crippen LogP contribution in [0.4, 0.5) is 22.0 Å². The molecular formula is C7H2F5NO. The SMILES string of the molecule is O=C(c1ccnc(F)c1F)C(F)(F)F. The summed E-state index contributed by atoms with van der Waals surface area (Å²) in [4.78, 5) is 13.2. The van der Waals surface area contributed by atoms with Gasteiger partial charge in [0.1, 0.15) is 0 Å². The van der Waals surface area contributed by atoms with Gasteiger partial charge in [0.05, 0.1) is 5.56 Å². The zero-order valence-corrected chi connectivity index (χ0v) is 6.40. The summed E-state index contributed by atoms with van der Waals surface area (Å²) >= 11 is 0. The Morgan fingerprint density at radius 1 is 1.29 bits per heavy atom. The third kappa shape index (κ3) is 1.86. The van der Waals surface area contributed by atoms with Crippen LogP contribution in [-0.2, 0) is 0 Å². The first kappa shape index (κ1) is 10.6. The summed E-state index contributed by atoms with van der Waals surface area (Å²) in [5.41, 5.74) is -1.37. The molecule has 0 aromatic carbocycles. The number of hydrogen-bond donors (Lipinski definition) is 0. The number of rotatable bonds is 1. The molecule has 0 saturated heterocycles. The lowest BCUT2D eigenvalue weighted by atomic mass is 10.1. The number of Topliss-reactive ketones (excluding diaryl/α,β-unsaturated/α-hetero) is 1. The van der Waals surface area contributed by atoms with Crippen molar-refractivity contribution >= 4 is 5.78 Å². The highest BCUT2D eigenvalue weighted by atomic mass is 19.4. The lowest BCUT2D eigenvalue weighted by Gasteiger charge is -2.05. The van der Waals surface area contributed by atoms with Crippen molar-refractivity contribution < 1.29 is 26.7 Å². The molecule has 0 atom stereocenters. The molecule has 0 aliphatic rings. The molecule has 0 aliphatic carbocycles. The monoisotopic (exact) mass is 211 g/mol. The first-order valence-electron chi connectivity index (χ1n) is 3.25. The van der Waals surface area contributed by atoms with E-state index in [1.165, 1.54) is 0 Å². The lowest BCUT2D eigenvalue weighted by molar-refractivity contribution is -0.0888. The molecule has 7 heteroatoms. The first-order chi connectivity index (χ1) is 6.34. The first-order valence-corrected chi connectivity index (χ1v) is 3.25. The van der Waals surface area contributed by atoms with Gasteiger partial charge in [-0.25, -0.2) is 9.37 Å². The Hall–Kier alpha value is -1.53. The maximum atomic E-state index is 12.6. The van der Waals surface area contributed by atoms with E-state index < -0.39 is 29.3 Å². The minimum Gasteiger partial charge on any atom is -0.284 e. The van der Waals surface area contributed by atoms with Crippen molar-refractivity contribution in [2.45, 2.75) is 6.18 Å². The Bertz CT molecular complexity index is 373. The summed E-state index contributed by atoms with van der Waals surface area (Å²) < 4.78 is 60.3. The second-order valence-electron chi connectivity index (χ2n) is 2.29. The smallest absolute Gasteiger partial charge is 0.284 e. The molecule has 14 heavy (non-hydrogen) atoms. The Morgan fingerprint density at radius 2 is 1.86 bits per heavy atom. The van der Waals surface area contributed by atoms with Crippen LogP contribution in [0.5, 0.6) is 0 Å². The molecule has 1 heterocycles. The third-order valence-corrected chi connectivity index (χ3v) is 1.35. The molecule has 0 fully saturated rings. The molecule has 1 aromatic rings. The number of alkyl halides is 3. The van der Waals surface area contributed by atoms with E-state index in [2.05, 4.69) is 4.98 Å². The van der Waals surface area contributed by atoms with Gasteiger partial charge in [0.25, 0.3) is 5.78 Å². The van der Waals surface area contributed by atoms with E-state index in [0.29, 0.717) is 12.3 Å². The second kappa shape index (κ2) is 3.32. The van der Waals surface area contributed by atoms with Crippen LogP contribution in [0.15, 0.2) is 12.3 Å². The highest BCUT2D eigenvalue weighted by Gasteiger charge is 2.41. The van der Waals surface area contributed by atoms with E-state index in [-0.39, 0.29) is 0 Å². The Balaban J connectivity index is 3.21. The third-order valence-electron chi connectivity index (χ3n) is 1.35. The van der Waals surface area contributed by atoms with Crippen molar-refractivity contribution in [2.24, 2.45) is 0 Å². The largest absolute Gasteiger partial charge is 0.454 e. The summed E-state index contributed by atoms with van der Waals surface area (Å²) in [5.74, 6) is -6.06. The quantitative estimate of drug-likeness (QED) is 0.404. The van der Waals surface area contributed by atoms with Crippen molar-refractivity contribution in [3.63, 3.8) is 0 Å². The van der Waals surface area contributed by atoms with Crippen LogP contribution >= 0.6 is 0 Å². The molecule has 0 bridgehead atoms. The van der Waals surface area contributed by atoms with Gasteiger partial charge in [-0.2, -0.15) is 17.6 Å². The molecule has 0 unspecified atom stereocenters. The summed E-state index contributed by atoms with van der Waals surface area (Å²) in [6.07, 6.45) is -4.65. The number of carbonyl (C=O) groups excluding carboxylic acids is 1. The van der Waals surface area contributed by atoms with Crippen molar-refractivity contribution in [1.29, 1.82) is 0 Å². The molecule has 0 N–H and O–H groups in total. The molecule has 0 spiro atoms. The number of halogens is 5. The van der Waals surface area contributed by atoms with Crippen LogP contribution in [0, 0.1) is 11.8 Å². The minimum absolute atomic E-state index is 0.467. The number of hydrogen-bond acceptors (Lipinski definition) is 2. The highest BCUT2D eigenvalue weighted by molar-refractivity contribution is 6.00. The molecule has 76 valence electrons. The highest BCUT2D eigenvalue weighted by Crippen LogP contribution is 2.23. The molecule has 0 amide bonds. The number of aromatic nitrogens is 1. The molecule has 2 nitrogen and oxygen atoms in total. The zero-order valence-electron chi connectivity index (χ0n) is 6.40. The Morgan fingerprint density at radius 3 is 2.36 bits per heavy atom. The normalized spacial score (nSPS) is 11.5. The molecular weight excluding hydrogens is 209 g/mol. The predicted octanol–water partition coefficient (Wildman–Crippen LogP) is 2.10. The minimum atomic E-state index is -5.23.